The van der Waals surface area contributed by atoms with E-state index < -0.39 is 27.7 Å². The Hall–Kier alpha value is -1.00. The normalized spacial score (nSPS) is 26.8. The Morgan fingerprint density at radius 1 is 1.65 bits per heavy atom. The van der Waals surface area contributed by atoms with Crippen LogP contribution in [0.1, 0.15) is 23.7 Å². The Kier molecular flexibility index (Phi) is 4.17. The van der Waals surface area contributed by atoms with Crippen LogP contribution in [-0.2, 0) is 14.8 Å². The van der Waals surface area contributed by atoms with Gasteiger partial charge in [0.15, 0.2) is 0 Å². The zero-order valence-electron chi connectivity index (χ0n) is 10.7. The maximum atomic E-state index is 12.0. The number of rotatable bonds is 5. The molecule has 0 radical (unpaired) electrons. The van der Waals surface area contributed by atoms with Crippen LogP contribution in [0.5, 0.6) is 0 Å². The van der Waals surface area contributed by atoms with Gasteiger partial charge in [-0.2, -0.15) is 0 Å². The van der Waals surface area contributed by atoms with Gasteiger partial charge in [-0.25, -0.2) is 17.9 Å². The van der Waals surface area contributed by atoms with Gasteiger partial charge in [0.2, 0.25) is 10.0 Å². The topological polar surface area (TPSA) is 113 Å². The third-order valence-corrected chi connectivity index (χ3v) is 6.16. The number of carboxylic acid groups (broad SMARTS) is 1. The van der Waals surface area contributed by atoms with E-state index in [9.17, 15) is 18.3 Å². The van der Waals surface area contributed by atoms with Gasteiger partial charge in [-0.3, -0.25) is 0 Å². The second-order valence-corrected chi connectivity index (χ2v) is 7.56. The highest BCUT2D eigenvalue weighted by Crippen LogP contribution is 2.26. The molecule has 0 spiro atoms. The molecule has 0 bridgehead atoms. The third-order valence-electron chi connectivity index (χ3n) is 3.32. The van der Waals surface area contributed by atoms with E-state index in [-0.39, 0.29) is 16.3 Å². The molecule has 1 fully saturated rings. The van der Waals surface area contributed by atoms with Crippen molar-refractivity contribution < 1.29 is 28.2 Å². The van der Waals surface area contributed by atoms with Crippen molar-refractivity contribution in [2.45, 2.75) is 29.3 Å². The third kappa shape index (κ3) is 3.01. The fourth-order valence-corrected chi connectivity index (χ4v) is 4.16. The average molecular weight is 321 g/mol. The Morgan fingerprint density at radius 2 is 2.35 bits per heavy atom. The highest BCUT2D eigenvalue weighted by Gasteiger charge is 2.40. The average Bonchev–Trinajstić information content (AvgIpc) is 2.97. The summed E-state index contributed by atoms with van der Waals surface area (Å²) < 4.78 is 31.5. The molecule has 0 saturated carbocycles. The Morgan fingerprint density at radius 3 is 2.85 bits per heavy atom. The van der Waals surface area contributed by atoms with Gasteiger partial charge in [-0.15, -0.1) is 11.3 Å². The van der Waals surface area contributed by atoms with E-state index in [4.69, 9.17) is 9.84 Å². The summed E-state index contributed by atoms with van der Waals surface area (Å²) in [5.74, 6) is -1.18. The summed E-state index contributed by atoms with van der Waals surface area (Å²) in [6.07, 6.45) is -0.107. The highest BCUT2D eigenvalue weighted by molar-refractivity contribution is 7.91. The quantitative estimate of drug-likeness (QED) is 0.717. The summed E-state index contributed by atoms with van der Waals surface area (Å²) in [5.41, 5.74) is -1.31. The molecule has 0 aliphatic carbocycles. The van der Waals surface area contributed by atoms with Gasteiger partial charge in [-0.1, -0.05) is 0 Å². The number of aliphatic hydroxyl groups is 1. The number of thiophene rings is 1. The van der Waals surface area contributed by atoms with E-state index >= 15 is 0 Å². The lowest BCUT2D eigenvalue weighted by molar-refractivity contribution is -0.0228. The number of aromatic carboxylic acids is 1. The molecule has 112 valence electrons. The summed E-state index contributed by atoms with van der Waals surface area (Å²) in [6.45, 7) is 1.88. The molecule has 7 nitrogen and oxygen atoms in total. The SMILES string of the molecule is CC1OCCC1(O)CNS(=O)(=O)c1cc(C(=O)O)cs1. The molecule has 3 N–H and O–H groups in total. The van der Waals surface area contributed by atoms with Crippen molar-refractivity contribution in [2.24, 2.45) is 0 Å². The van der Waals surface area contributed by atoms with Crippen molar-refractivity contribution >= 4 is 27.3 Å². The first-order valence-corrected chi connectivity index (χ1v) is 8.26. The van der Waals surface area contributed by atoms with Crippen LogP contribution in [0.4, 0.5) is 0 Å². The molecule has 2 atom stereocenters. The second-order valence-electron chi connectivity index (χ2n) is 4.65. The second kappa shape index (κ2) is 5.41. The molecule has 2 rings (SSSR count). The molecular weight excluding hydrogens is 306 g/mol. The fourth-order valence-electron chi connectivity index (χ4n) is 1.86. The number of carboxylic acids is 1. The smallest absolute Gasteiger partial charge is 0.336 e. The predicted octanol–water partition coefficient (Wildman–Crippen LogP) is 0.264. The van der Waals surface area contributed by atoms with Gasteiger partial charge in [0.05, 0.1) is 11.7 Å². The van der Waals surface area contributed by atoms with Crippen LogP contribution in [-0.4, -0.2) is 49.5 Å². The number of carbonyl (C=O) groups is 1. The lowest BCUT2D eigenvalue weighted by Crippen LogP contribution is -2.47. The molecule has 0 amide bonds. The molecule has 1 aliphatic rings. The van der Waals surface area contributed by atoms with Crippen LogP contribution >= 0.6 is 11.3 Å². The minimum Gasteiger partial charge on any atom is -0.478 e. The number of ether oxygens (including phenoxy) is 1. The van der Waals surface area contributed by atoms with Crippen LogP contribution in [0.25, 0.3) is 0 Å². The largest absolute Gasteiger partial charge is 0.478 e. The predicted molar refractivity (Wildman–Crippen MR) is 71.4 cm³/mol. The standard InChI is InChI=1S/C11H15NO6S2/c1-7-11(15,2-3-18-7)6-12-20(16,17)9-4-8(5-19-9)10(13)14/h4-5,7,12,15H,2-3,6H2,1H3,(H,13,14). The zero-order chi connectivity index (χ0) is 15.0. The van der Waals surface area contributed by atoms with Crippen molar-refractivity contribution in [1.29, 1.82) is 0 Å². The highest BCUT2D eigenvalue weighted by atomic mass is 32.2. The maximum absolute atomic E-state index is 12.0. The molecule has 1 aromatic heterocycles. The monoisotopic (exact) mass is 321 g/mol. The minimum atomic E-state index is -3.83. The molecule has 20 heavy (non-hydrogen) atoms. The lowest BCUT2D eigenvalue weighted by atomic mass is 9.97. The van der Waals surface area contributed by atoms with Crippen molar-refractivity contribution in [3.8, 4) is 0 Å². The molecule has 1 aliphatic heterocycles. The molecule has 1 saturated heterocycles. The van der Waals surface area contributed by atoms with Crippen molar-refractivity contribution in [1.82, 2.24) is 4.72 Å². The van der Waals surface area contributed by atoms with E-state index in [1.807, 2.05) is 0 Å². The Balaban J connectivity index is 2.09. The number of nitrogens with one attached hydrogen (secondary N) is 1. The number of hydrogen-bond acceptors (Lipinski definition) is 6. The van der Waals surface area contributed by atoms with Crippen molar-refractivity contribution in [2.75, 3.05) is 13.2 Å². The van der Waals surface area contributed by atoms with E-state index in [2.05, 4.69) is 4.72 Å². The zero-order valence-corrected chi connectivity index (χ0v) is 12.3. The molecule has 0 aromatic carbocycles. The summed E-state index contributed by atoms with van der Waals surface area (Å²) in [6, 6.07) is 1.09. The molecule has 9 heteroatoms. The first-order chi connectivity index (χ1) is 9.24. The van der Waals surface area contributed by atoms with E-state index in [1.165, 1.54) is 5.38 Å². The summed E-state index contributed by atoms with van der Waals surface area (Å²) in [7, 11) is -3.83. The summed E-state index contributed by atoms with van der Waals surface area (Å²) >= 11 is 0.823. The van der Waals surface area contributed by atoms with Crippen LogP contribution in [0.2, 0.25) is 0 Å². The molecule has 1 aromatic rings. The van der Waals surface area contributed by atoms with Crippen molar-refractivity contribution in [3.05, 3.63) is 17.0 Å². The first-order valence-electron chi connectivity index (χ1n) is 5.90. The summed E-state index contributed by atoms with van der Waals surface area (Å²) in [5, 5.41) is 20.3. The minimum absolute atomic E-state index is 0.0772. The van der Waals surface area contributed by atoms with E-state index in [0.29, 0.717) is 13.0 Å². The van der Waals surface area contributed by atoms with Gasteiger partial charge in [0.1, 0.15) is 9.81 Å². The fraction of sp³-hybridized carbons (Fsp3) is 0.545. The van der Waals surface area contributed by atoms with Gasteiger partial charge in [0.25, 0.3) is 0 Å². The van der Waals surface area contributed by atoms with Crippen LogP contribution < -0.4 is 4.72 Å². The lowest BCUT2D eigenvalue weighted by Gasteiger charge is -2.25. The van der Waals surface area contributed by atoms with Gasteiger partial charge < -0.3 is 14.9 Å². The van der Waals surface area contributed by atoms with Crippen LogP contribution in [0.3, 0.4) is 0 Å². The van der Waals surface area contributed by atoms with E-state index in [1.54, 1.807) is 6.92 Å². The van der Waals surface area contributed by atoms with Gasteiger partial charge >= 0.3 is 5.97 Å². The summed E-state index contributed by atoms with van der Waals surface area (Å²) in [4.78, 5) is 10.7. The van der Waals surface area contributed by atoms with Crippen LogP contribution in [0, 0.1) is 0 Å². The molecule has 2 unspecified atom stereocenters. The molecular formula is C11H15NO6S2. The van der Waals surface area contributed by atoms with E-state index in [0.717, 1.165) is 17.4 Å². The Bertz CT molecular complexity index is 610. The Labute approximate surface area is 120 Å². The number of sulfonamides is 1. The van der Waals surface area contributed by atoms with Gasteiger partial charge in [-0.05, 0) is 13.0 Å². The first kappa shape index (κ1) is 15.4. The number of hydrogen-bond donors (Lipinski definition) is 3. The van der Waals surface area contributed by atoms with Gasteiger partial charge in [0, 0.05) is 25.0 Å². The van der Waals surface area contributed by atoms with Crippen LogP contribution in [0.15, 0.2) is 15.7 Å². The molecule has 2 heterocycles. The van der Waals surface area contributed by atoms with Crippen molar-refractivity contribution in [3.63, 3.8) is 0 Å². The maximum Gasteiger partial charge on any atom is 0.336 e.